The number of carbonyl (C=O) groups is 1. The molecule has 0 saturated heterocycles. The molecule has 0 aliphatic heterocycles. The Morgan fingerprint density at radius 1 is 1.37 bits per heavy atom. The van der Waals surface area contributed by atoms with E-state index in [1.807, 2.05) is 0 Å². The van der Waals surface area contributed by atoms with E-state index < -0.39 is 0 Å². The van der Waals surface area contributed by atoms with Crippen molar-refractivity contribution in [2.24, 2.45) is 0 Å². The van der Waals surface area contributed by atoms with E-state index in [0.29, 0.717) is 28.0 Å². The number of amides is 1. The fraction of sp³-hybridized carbons (Fsp3) is 0.167. The molecule has 100 valence electrons. The maximum Gasteiger partial charge on any atom is 0.226 e. The van der Waals surface area contributed by atoms with Crippen molar-refractivity contribution >= 4 is 40.5 Å². The number of hydrogen-bond donors (Lipinski definition) is 2. The first-order valence-corrected chi connectivity index (χ1v) is 6.33. The summed E-state index contributed by atoms with van der Waals surface area (Å²) < 4.78 is 1.60. The lowest BCUT2D eigenvalue weighted by atomic mass is 10.2. The summed E-state index contributed by atoms with van der Waals surface area (Å²) >= 11 is 11.5. The normalized spacial score (nSPS) is 10.4. The zero-order valence-corrected chi connectivity index (χ0v) is 11.4. The number of nitrogen functional groups attached to an aromatic ring is 1. The zero-order valence-electron chi connectivity index (χ0n) is 9.94. The van der Waals surface area contributed by atoms with Crippen molar-refractivity contribution in [2.45, 2.75) is 13.0 Å². The third kappa shape index (κ3) is 3.87. The fourth-order valence-corrected chi connectivity index (χ4v) is 1.87. The minimum atomic E-state index is -0.152. The molecule has 5 nitrogen and oxygen atoms in total. The third-order valence-corrected chi connectivity index (χ3v) is 2.89. The van der Waals surface area contributed by atoms with Gasteiger partial charge in [-0.15, -0.1) is 0 Å². The minimum absolute atomic E-state index is 0.152. The van der Waals surface area contributed by atoms with Crippen LogP contribution in [-0.4, -0.2) is 15.7 Å². The van der Waals surface area contributed by atoms with Crippen LogP contribution in [0.2, 0.25) is 10.0 Å². The molecule has 7 heteroatoms. The number of halogens is 2. The average molecular weight is 299 g/mol. The summed E-state index contributed by atoms with van der Waals surface area (Å²) in [5.74, 6) is -0.152. The maximum absolute atomic E-state index is 11.8. The summed E-state index contributed by atoms with van der Waals surface area (Å²) in [6, 6.07) is 4.92. The lowest BCUT2D eigenvalue weighted by Crippen LogP contribution is -2.15. The van der Waals surface area contributed by atoms with Gasteiger partial charge in [0.05, 0.1) is 22.6 Å². The first-order valence-electron chi connectivity index (χ1n) is 5.57. The highest BCUT2D eigenvalue weighted by Gasteiger charge is 2.06. The minimum Gasteiger partial charge on any atom is -0.397 e. The van der Waals surface area contributed by atoms with E-state index in [9.17, 15) is 4.79 Å². The molecule has 0 bridgehead atoms. The van der Waals surface area contributed by atoms with Crippen LogP contribution in [0.25, 0.3) is 0 Å². The number of nitrogens with one attached hydrogen (secondary N) is 1. The summed E-state index contributed by atoms with van der Waals surface area (Å²) in [5.41, 5.74) is 6.73. The molecular weight excluding hydrogens is 287 g/mol. The predicted octanol–water partition coefficient (Wildman–Crippen LogP) is 2.80. The van der Waals surface area contributed by atoms with Crippen LogP contribution in [0.15, 0.2) is 30.6 Å². The first-order chi connectivity index (χ1) is 9.04. The summed E-state index contributed by atoms with van der Waals surface area (Å²) in [6.45, 7) is 0.450. The van der Waals surface area contributed by atoms with E-state index >= 15 is 0 Å². The van der Waals surface area contributed by atoms with E-state index in [-0.39, 0.29) is 12.3 Å². The second-order valence-corrected chi connectivity index (χ2v) is 4.82. The highest BCUT2D eigenvalue weighted by Crippen LogP contribution is 2.22. The van der Waals surface area contributed by atoms with Crippen molar-refractivity contribution in [1.29, 1.82) is 0 Å². The Bertz CT molecular complexity index is 597. The highest BCUT2D eigenvalue weighted by molar-refractivity contribution is 6.31. The van der Waals surface area contributed by atoms with Gasteiger partial charge in [-0.05, 0) is 18.2 Å². The molecule has 2 aromatic rings. The molecule has 1 amide bonds. The van der Waals surface area contributed by atoms with Gasteiger partial charge in [0.1, 0.15) is 0 Å². The molecule has 0 unspecified atom stereocenters. The summed E-state index contributed by atoms with van der Waals surface area (Å²) in [5, 5.41) is 7.78. The quantitative estimate of drug-likeness (QED) is 0.853. The van der Waals surface area contributed by atoms with E-state index in [1.165, 1.54) is 6.20 Å². The van der Waals surface area contributed by atoms with Crippen molar-refractivity contribution in [1.82, 2.24) is 9.78 Å². The first kappa shape index (κ1) is 13.7. The maximum atomic E-state index is 11.8. The molecule has 1 heterocycles. The molecule has 3 N–H and O–H groups in total. The number of benzene rings is 1. The monoisotopic (exact) mass is 298 g/mol. The van der Waals surface area contributed by atoms with Crippen LogP contribution in [0.3, 0.4) is 0 Å². The molecule has 0 fully saturated rings. The fourth-order valence-electron chi connectivity index (χ4n) is 1.54. The number of nitrogens with two attached hydrogens (primary N) is 1. The van der Waals surface area contributed by atoms with Crippen molar-refractivity contribution in [3.05, 3.63) is 40.6 Å². The van der Waals surface area contributed by atoms with Crippen LogP contribution in [0.5, 0.6) is 0 Å². The molecule has 1 aromatic carbocycles. The highest BCUT2D eigenvalue weighted by atomic mass is 35.5. The number of aromatic nitrogens is 2. The summed E-state index contributed by atoms with van der Waals surface area (Å²) in [4.78, 5) is 11.8. The summed E-state index contributed by atoms with van der Waals surface area (Å²) in [6.07, 6.45) is 3.46. The van der Waals surface area contributed by atoms with Gasteiger partial charge in [0.25, 0.3) is 0 Å². The third-order valence-electron chi connectivity index (χ3n) is 2.46. The lowest BCUT2D eigenvalue weighted by molar-refractivity contribution is -0.116. The van der Waals surface area contributed by atoms with E-state index in [4.69, 9.17) is 28.9 Å². The second kappa shape index (κ2) is 5.95. The van der Waals surface area contributed by atoms with Crippen molar-refractivity contribution < 1.29 is 4.79 Å². The topological polar surface area (TPSA) is 72.9 Å². The van der Waals surface area contributed by atoms with Gasteiger partial charge >= 0.3 is 0 Å². The van der Waals surface area contributed by atoms with Gasteiger partial charge in [0.15, 0.2) is 0 Å². The number of rotatable bonds is 4. The number of nitrogens with zero attached hydrogens (tertiary/aromatic N) is 2. The Morgan fingerprint density at radius 2 is 2.16 bits per heavy atom. The Labute approximate surface area is 120 Å². The summed E-state index contributed by atoms with van der Waals surface area (Å²) in [7, 11) is 0. The van der Waals surface area contributed by atoms with Crippen LogP contribution < -0.4 is 11.1 Å². The Balaban J connectivity index is 1.90. The molecule has 2 rings (SSSR count). The molecular formula is C12H12Cl2N4O. The van der Waals surface area contributed by atoms with E-state index in [2.05, 4.69) is 10.4 Å². The van der Waals surface area contributed by atoms with Crippen LogP contribution >= 0.6 is 23.2 Å². The van der Waals surface area contributed by atoms with Crippen molar-refractivity contribution in [3.8, 4) is 0 Å². The molecule has 0 atom stereocenters. The average Bonchev–Trinajstić information content (AvgIpc) is 2.76. The Hall–Kier alpha value is -1.72. The van der Waals surface area contributed by atoms with Gasteiger partial charge in [0.2, 0.25) is 5.91 Å². The SMILES string of the molecule is Nc1cc(Cl)ccc1NC(=O)CCn1cc(Cl)cn1. The Morgan fingerprint density at radius 3 is 2.79 bits per heavy atom. The van der Waals surface area contributed by atoms with Gasteiger partial charge in [-0.1, -0.05) is 23.2 Å². The molecule has 0 radical (unpaired) electrons. The van der Waals surface area contributed by atoms with Gasteiger partial charge in [0, 0.05) is 24.2 Å². The van der Waals surface area contributed by atoms with Gasteiger partial charge in [-0.25, -0.2) is 0 Å². The molecule has 19 heavy (non-hydrogen) atoms. The number of hydrogen-bond acceptors (Lipinski definition) is 3. The van der Waals surface area contributed by atoms with E-state index in [1.54, 1.807) is 29.1 Å². The predicted molar refractivity (Wildman–Crippen MR) is 76.3 cm³/mol. The molecule has 0 aliphatic carbocycles. The van der Waals surface area contributed by atoms with Gasteiger partial charge in [-0.3, -0.25) is 9.48 Å². The van der Waals surface area contributed by atoms with Crippen molar-refractivity contribution in [3.63, 3.8) is 0 Å². The molecule has 0 spiro atoms. The van der Waals surface area contributed by atoms with E-state index in [0.717, 1.165) is 0 Å². The second-order valence-electron chi connectivity index (χ2n) is 3.95. The Kier molecular flexibility index (Phi) is 4.29. The molecule has 0 aliphatic rings. The van der Waals surface area contributed by atoms with Crippen molar-refractivity contribution in [2.75, 3.05) is 11.1 Å². The molecule has 1 aromatic heterocycles. The molecule has 0 saturated carbocycles. The standard InChI is InChI=1S/C12H12Cl2N4O/c13-8-1-2-11(10(15)5-8)17-12(19)3-4-18-7-9(14)6-16-18/h1-2,5-7H,3-4,15H2,(H,17,19). The zero-order chi connectivity index (χ0) is 13.8. The van der Waals surface area contributed by atoms with Gasteiger partial charge in [-0.2, -0.15) is 5.10 Å². The lowest BCUT2D eigenvalue weighted by Gasteiger charge is -2.08. The van der Waals surface area contributed by atoms with Crippen LogP contribution in [0.1, 0.15) is 6.42 Å². The number of carbonyl (C=O) groups excluding carboxylic acids is 1. The number of anilines is 2. The van der Waals surface area contributed by atoms with Crippen LogP contribution in [0, 0.1) is 0 Å². The largest absolute Gasteiger partial charge is 0.397 e. The van der Waals surface area contributed by atoms with Crippen LogP contribution in [0.4, 0.5) is 11.4 Å². The smallest absolute Gasteiger partial charge is 0.226 e. The number of aryl methyl sites for hydroxylation is 1. The van der Waals surface area contributed by atoms with Crippen LogP contribution in [-0.2, 0) is 11.3 Å². The van der Waals surface area contributed by atoms with Gasteiger partial charge < -0.3 is 11.1 Å².